The van der Waals surface area contributed by atoms with Crippen LogP contribution in [0.15, 0.2) is 23.0 Å². The number of halogens is 6. The molecule has 0 radical (unpaired) electrons. The molecule has 1 saturated carbocycles. The van der Waals surface area contributed by atoms with Gasteiger partial charge >= 0.3 is 12.4 Å². The van der Waals surface area contributed by atoms with E-state index in [1.165, 1.54) is 10.6 Å². The zero-order valence-electron chi connectivity index (χ0n) is 25.6. The van der Waals surface area contributed by atoms with Gasteiger partial charge in [-0.05, 0) is 57.2 Å². The second-order valence-electron chi connectivity index (χ2n) is 11.4. The number of aromatic amines is 1. The molecule has 11 nitrogen and oxygen atoms in total. The number of hydrogen-bond donors (Lipinski definition) is 1. The summed E-state index contributed by atoms with van der Waals surface area (Å²) in [4.78, 5) is 20.5. The third kappa shape index (κ3) is 8.97. The van der Waals surface area contributed by atoms with Gasteiger partial charge in [-0.15, -0.1) is 5.10 Å². The summed E-state index contributed by atoms with van der Waals surface area (Å²) < 4.78 is 138. The zero-order chi connectivity index (χ0) is 34.8. The number of H-pyrrole nitrogens is 1. The van der Waals surface area contributed by atoms with E-state index in [-0.39, 0.29) is 38.9 Å². The molecule has 2 heterocycles. The number of hydrogen-bond acceptors (Lipinski definition) is 8. The van der Waals surface area contributed by atoms with E-state index in [1.54, 1.807) is 13.8 Å². The minimum absolute atomic E-state index is 0.0136. The van der Waals surface area contributed by atoms with E-state index < -0.39 is 80.8 Å². The van der Waals surface area contributed by atoms with Gasteiger partial charge in [-0.25, -0.2) is 26.3 Å². The molecular weight excluding hydrogens is 680 g/mol. The Morgan fingerprint density at radius 1 is 0.979 bits per heavy atom. The number of rotatable bonds is 14. The van der Waals surface area contributed by atoms with Crippen LogP contribution in [-0.2, 0) is 20.0 Å². The molecule has 0 atom stereocenters. The number of nitrogens with zero attached hydrogens (tertiary/aromatic N) is 4. The lowest BCUT2D eigenvalue weighted by molar-refractivity contribution is -0.135. The molecule has 0 saturated heterocycles. The van der Waals surface area contributed by atoms with Crippen molar-refractivity contribution < 1.29 is 47.9 Å². The molecule has 0 aliphatic heterocycles. The van der Waals surface area contributed by atoms with E-state index >= 15 is 0 Å². The number of fused-ring (bicyclic) bond motifs is 1. The Labute approximate surface area is 267 Å². The Morgan fingerprint density at radius 2 is 1.55 bits per heavy atom. The molecule has 1 fully saturated rings. The van der Waals surface area contributed by atoms with Crippen LogP contribution in [-0.4, -0.2) is 66.9 Å². The lowest BCUT2D eigenvalue weighted by Gasteiger charge is -2.25. The Hall–Kier alpha value is -3.35. The van der Waals surface area contributed by atoms with Crippen molar-refractivity contribution in [3.05, 3.63) is 40.1 Å². The fourth-order valence-corrected chi connectivity index (χ4v) is 9.54. The number of anilines is 1. The van der Waals surface area contributed by atoms with Crippen molar-refractivity contribution in [2.45, 2.75) is 89.9 Å². The molecule has 0 unspecified atom stereocenters. The summed E-state index contributed by atoms with van der Waals surface area (Å²) in [5, 5.41) is 4.57. The number of alkyl halides is 6. The van der Waals surface area contributed by atoms with Crippen molar-refractivity contribution in [1.29, 1.82) is 0 Å². The molecule has 1 N–H and O–H groups in total. The highest BCUT2D eigenvalue weighted by Crippen LogP contribution is 2.37. The van der Waals surface area contributed by atoms with E-state index in [1.807, 2.05) is 0 Å². The highest BCUT2D eigenvalue weighted by atomic mass is 32.3. The SMILES string of the molecule is CCCOc1ccc(N(S(=O)(=O)CCCC(F)(F)F)S(=O)(=O)CCCC(F)(F)F)cc1-c1nn2c(C3CCCC3)nc(C)c2c(=O)[nH]1. The average molecular weight is 716 g/mol. The fraction of sp³-hybridized carbons (Fsp3) is 0.607. The molecule has 19 heteroatoms. The normalized spacial score (nSPS) is 15.1. The summed E-state index contributed by atoms with van der Waals surface area (Å²) in [5.74, 6) is -2.09. The molecule has 4 rings (SSSR count). The topological polar surface area (TPSA) is 144 Å². The van der Waals surface area contributed by atoms with Crippen LogP contribution >= 0.6 is 0 Å². The molecule has 3 aromatic rings. The Kier molecular flexibility index (Phi) is 10.9. The summed E-state index contributed by atoms with van der Waals surface area (Å²) in [7, 11) is -10.2. The molecular formula is C28H35F6N5O6S2. The van der Waals surface area contributed by atoms with Gasteiger partial charge < -0.3 is 9.72 Å². The lowest BCUT2D eigenvalue weighted by atomic mass is 10.1. The highest BCUT2D eigenvalue weighted by molar-refractivity contribution is 8.10. The number of ether oxygens (including phenoxy) is 1. The van der Waals surface area contributed by atoms with Crippen molar-refractivity contribution >= 4 is 31.3 Å². The summed E-state index contributed by atoms with van der Waals surface area (Å²) in [6.07, 6.45) is -10.5. The van der Waals surface area contributed by atoms with Crippen molar-refractivity contribution in [2.24, 2.45) is 0 Å². The minimum atomic E-state index is -5.09. The van der Waals surface area contributed by atoms with Gasteiger partial charge in [-0.2, -0.15) is 30.1 Å². The summed E-state index contributed by atoms with van der Waals surface area (Å²) in [6, 6.07) is 3.22. The van der Waals surface area contributed by atoms with E-state index in [9.17, 15) is 48.0 Å². The molecule has 0 amide bonds. The highest BCUT2D eigenvalue weighted by Gasteiger charge is 2.37. The predicted octanol–water partition coefficient (Wildman–Crippen LogP) is 5.99. The van der Waals surface area contributed by atoms with Gasteiger partial charge in [0.1, 0.15) is 11.6 Å². The first-order chi connectivity index (χ1) is 21.8. The molecule has 0 bridgehead atoms. The number of sulfonamides is 2. The number of aromatic nitrogens is 4. The van der Waals surface area contributed by atoms with Crippen molar-refractivity contribution in [2.75, 3.05) is 21.8 Å². The second kappa shape index (κ2) is 14.0. The smallest absolute Gasteiger partial charge is 0.389 e. The lowest BCUT2D eigenvalue weighted by Crippen LogP contribution is -2.40. The van der Waals surface area contributed by atoms with E-state index in [0.717, 1.165) is 37.8 Å². The van der Waals surface area contributed by atoms with E-state index in [4.69, 9.17) is 4.74 Å². The molecule has 1 aliphatic rings. The number of aryl methyl sites for hydroxylation is 1. The third-order valence-electron chi connectivity index (χ3n) is 7.54. The van der Waals surface area contributed by atoms with Crippen LogP contribution in [0.5, 0.6) is 5.75 Å². The number of imidazole rings is 1. The largest absolute Gasteiger partial charge is 0.493 e. The van der Waals surface area contributed by atoms with Crippen LogP contribution < -0.4 is 14.0 Å². The van der Waals surface area contributed by atoms with Crippen LogP contribution in [0.2, 0.25) is 0 Å². The van der Waals surface area contributed by atoms with Gasteiger partial charge in [0.15, 0.2) is 11.3 Å². The molecule has 1 aliphatic carbocycles. The van der Waals surface area contributed by atoms with Crippen LogP contribution in [0.1, 0.15) is 82.1 Å². The van der Waals surface area contributed by atoms with E-state index in [0.29, 0.717) is 17.9 Å². The molecule has 262 valence electrons. The first-order valence-corrected chi connectivity index (χ1v) is 18.2. The maximum absolute atomic E-state index is 13.4. The fourth-order valence-electron chi connectivity index (χ4n) is 5.49. The van der Waals surface area contributed by atoms with Crippen LogP contribution in [0.4, 0.5) is 32.0 Å². The standard InChI is InChI=1S/C28H35F6N5O6S2/c1-3-14-45-22-11-10-20(39(46(41,42)15-6-12-27(29,30)31)47(43,44)16-7-13-28(32,33)34)17-21(22)24-36-26(40)23-18(2)35-25(38(23)37-24)19-8-4-5-9-19/h10-11,17,19H,3-9,12-16H2,1-2H3,(H,36,37,40). The van der Waals surface area contributed by atoms with E-state index in [2.05, 4.69) is 15.1 Å². The zero-order valence-corrected chi connectivity index (χ0v) is 27.3. The van der Waals surface area contributed by atoms with Crippen LogP contribution in [0, 0.1) is 6.92 Å². The Bertz CT molecular complexity index is 1800. The molecule has 0 spiro atoms. The van der Waals surface area contributed by atoms with Gasteiger partial charge in [0.25, 0.3) is 5.56 Å². The van der Waals surface area contributed by atoms with Crippen molar-refractivity contribution in [3.8, 4) is 17.1 Å². The summed E-state index contributed by atoms with van der Waals surface area (Å²) >= 11 is 0. The predicted molar refractivity (Wildman–Crippen MR) is 161 cm³/mol. The van der Waals surface area contributed by atoms with Gasteiger partial charge in [0.05, 0.1) is 35.1 Å². The average Bonchev–Trinajstić information content (AvgIpc) is 3.58. The third-order valence-corrected chi connectivity index (χ3v) is 11.9. The first kappa shape index (κ1) is 36.5. The van der Waals surface area contributed by atoms with Gasteiger partial charge in [0.2, 0.25) is 20.0 Å². The molecule has 2 aromatic heterocycles. The van der Waals surface area contributed by atoms with Gasteiger partial charge in [0, 0.05) is 18.8 Å². The van der Waals surface area contributed by atoms with Gasteiger partial charge in [-0.1, -0.05) is 19.8 Å². The van der Waals surface area contributed by atoms with Crippen LogP contribution in [0.25, 0.3) is 16.9 Å². The van der Waals surface area contributed by atoms with Crippen molar-refractivity contribution in [1.82, 2.24) is 19.6 Å². The maximum atomic E-state index is 13.4. The second-order valence-corrected chi connectivity index (χ2v) is 15.5. The molecule has 47 heavy (non-hydrogen) atoms. The summed E-state index contributed by atoms with van der Waals surface area (Å²) in [5.41, 5.74) is -0.691. The first-order valence-electron chi connectivity index (χ1n) is 15.0. The Balaban J connectivity index is 1.88. The monoisotopic (exact) mass is 715 g/mol. The Morgan fingerprint density at radius 3 is 2.09 bits per heavy atom. The quantitative estimate of drug-likeness (QED) is 0.201. The number of nitrogens with one attached hydrogen (secondary N) is 1. The van der Waals surface area contributed by atoms with Gasteiger partial charge in [-0.3, -0.25) is 4.79 Å². The summed E-state index contributed by atoms with van der Waals surface area (Å²) in [6.45, 7) is 3.59. The maximum Gasteiger partial charge on any atom is 0.389 e. The van der Waals surface area contributed by atoms with Crippen LogP contribution in [0.3, 0.4) is 0 Å². The van der Waals surface area contributed by atoms with Crippen molar-refractivity contribution in [3.63, 3.8) is 0 Å². The minimum Gasteiger partial charge on any atom is -0.493 e. The molecule has 1 aromatic carbocycles. The number of benzene rings is 1.